The lowest BCUT2D eigenvalue weighted by Gasteiger charge is -2.39. The zero-order chi connectivity index (χ0) is 40.8. The van der Waals surface area contributed by atoms with Crippen molar-refractivity contribution in [3.05, 3.63) is 117 Å². The number of halogens is 1. The predicted octanol–water partition coefficient (Wildman–Crippen LogP) is 7.15. The number of anilines is 2. The number of aromatic nitrogens is 2. The number of nitro benzene ring substituents is 1. The zero-order valence-electron chi connectivity index (χ0n) is 32.1. The van der Waals surface area contributed by atoms with Crippen LogP contribution in [0.25, 0.3) is 16.6 Å². The molecule has 58 heavy (non-hydrogen) atoms. The molecular weight excluding hydrogens is 782 g/mol. The average molecular weight is 826 g/mol. The number of H-pyrrole nitrogens is 1. The Kier molecular flexibility index (Phi) is 10.7. The first-order valence-electron chi connectivity index (χ1n) is 19.2. The first-order valence-corrected chi connectivity index (χ1v) is 21.1. The van der Waals surface area contributed by atoms with Gasteiger partial charge in [0.15, 0.2) is 0 Å². The number of nitrogens with zero attached hydrogens (tertiary/aromatic N) is 4. The van der Waals surface area contributed by atoms with Crippen molar-refractivity contribution in [2.45, 2.75) is 50.5 Å². The average Bonchev–Trinajstić information content (AvgIpc) is 3.85. The van der Waals surface area contributed by atoms with Gasteiger partial charge in [0, 0.05) is 67.1 Å². The lowest BCUT2D eigenvalue weighted by molar-refractivity contribution is -0.384. The monoisotopic (exact) mass is 825 g/mol. The van der Waals surface area contributed by atoms with Gasteiger partial charge in [-0.25, -0.2) is 18.1 Å². The highest BCUT2D eigenvalue weighted by atomic mass is 35.5. The number of carbonyl (C=O) groups excluding carboxylic acids is 1. The Morgan fingerprint density at radius 1 is 1.09 bits per heavy atom. The van der Waals surface area contributed by atoms with Gasteiger partial charge in [0.1, 0.15) is 22.8 Å². The van der Waals surface area contributed by atoms with Crippen molar-refractivity contribution in [3.8, 4) is 11.5 Å². The predicted molar refractivity (Wildman–Crippen MR) is 223 cm³/mol. The fourth-order valence-electron chi connectivity index (χ4n) is 8.13. The second kappa shape index (κ2) is 15.7. The van der Waals surface area contributed by atoms with E-state index in [4.69, 9.17) is 16.3 Å². The van der Waals surface area contributed by atoms with Crippen LogP contribution in [0.5, 0.6) is 11.5 Å². The molecule has 1 atom stereocenters. The number of fused-ring (bicyclic) bond motifs is 2. The van der Waals surface area contributed by atoms with E-state index in [0.717, 1.165) is 61.1 Å². The fourth-order valence-corrected chi connectivity index (χ4v) is 9.29. The number of rotatable bonds is 11. The molecule has 16 heteroatoms. The number of hydrogen-bond donors (Lipinski definition) is 4. The Morgan fingerprint density at radius 2 is 1.86 bits per heavy atom. The van der Waals surface area contributed by atoms with Gasteiger partial charge in [-0.05, 0) is 90.3 Å². The number of aliphatic hydroxyl groups is 1. The third-order valence-electron chi connectivity index (χ3n) is 11.3. The molecule has 2 aromatic heterocycles. The highest BCUT2D eigenvalue weighted by Crippen LogP contribution is 2.44. The number of benzene rings is 3. The summed E-state index contributed by atoms with van der Waals surface area (Å²) < 4.78 is 35.7. The van der Waals surface area contributed by atoms with Crippen LogP contribution in [-0.2, 0) is 16.4 Å². The van der Waals surface area contributed by atoms with E-state index in [1.54, 1.807) is 24.4 Å². The molecule has 1 aliphatic carbocycles. The van der Waals surface area contributed by atoms with Gasteiger partial charge < -0.3 is 25.0 Å². The van der Waals surface area contributed by atoms with Gasteiger partial charge in [-0.15, -0.1) is 0 Å². The van der Waals surface area contributed by atoms with Gasteiger partial charge in [-0.1, -0.05) is 43.2 Å². The molecular formula is C42H44ClN7O7S. The van der Waals surface area contributed by atoms with Crippen LogP contribution >= 0.6 is 11.6 Å². The maximum atomic E-state index is 13.9. The second-order valence-electron chi connectivity index (χ2n) is 16.0. The lowest BCUT2D eigenvalue weighted by atomic mass is 9.72. The van der Waals surface area contributed by atoms with Crippen molar-refractivity contribution in [1.82, 2.24) is 19.6 Å². The van der Waals surface area contributed by atoms with Crippen molar-refractivity contribution < 1.29 is 28.0 Å². The van der Waals surface area contributed by atoms with Gasteiger partial charge in [0.25, 0.3) is 21.6 Å². The summed E-state index contributed by atoms with van der Waals surface area (Å²) in [5, 5.41) is 25.9. The molecule has 4 heterocycles. The van der Waals surface area contributed by atoms with Crippen molar-refractivity contribution in [2.75, 3.05) is 49.5 Å². The minimum absolute atomic E-state index is 0.0558. The first-order chi connectivity index (χ1) is 27.7. The number of piperazine rings is 1. The van der Waals surface area contributed by atoms with Crippen molar-refractivity contribution in [1.29, 1.82) is 0 Å². The van der Waals surface area contributed by atoms with Gasteiger partial charge in [-0.2, -0.15) is 0 Å². The fraction of sp³-hybridized carbons (Fsp3) is 0.333. The number of hydrogen-bond acceptors (Lipinski definition) is 11. The molecule has 1 amide bonds. The first kappa shape index (κ1) is 39.4. The standard InChI is InChI=1S/C42H44ClN7O7S/c1-42(2)11-9-28(36(22-42)26-3-5-30(43)6-4-26)24-48-13-15-49(16-14-48)32-7-8-35(38(20-32)57-33-18-27-10-12-44-40(27)45-23-33)41(52)47-58(55,56)34-19-29-17-31(25-51)46-39(29)37(21-34)50(53)54/h3-8,10,12,18-21,23,31,46,51H,9,11,13-17,22,24-25H2,1-2H3,(H,44,45)(H,47,52)/t31-/m0/s1. The van der Waals surface area contributed by atoms with Crippen LogP contribution < -0.4 is 19.7 Å². The number of allylic oxidation sites excluding steroid dienone is 1. The summed E-state index contributed by atoms with van der Waals surface area (Å²) in [6, 6.07) is 18.4. The SMILES string of the molecule is CC1(C)CCC(CN2CCN(c3ccc(C(=O)NS(=O)(=O)c4cc5c(c([N+](=O)[O-])c4)N[C@H](CO)C5)c(Oc4cnc5[nH]ccc5c4)c3)CC2)=C(c2ccc(Cl)cc2)C1. The highest BCUT2D eigenvalue weighted by Gasteiger charge is 2.33. The summed E-state index contributed by atoms with van der Waals surface area (Å²) in [4.78, 5) is 36.8. The summed E-state index contributed by atoms with van der Waals surface area (Å²) >= 11 is 6.23. The highest BCUT2D eigenvalue weighted by molar-refractivity contribution is 7.90. The van der Waals surface area contributed by atoms with Crippen LogP contribution in [0, 0.1) is 15.5 Å². The van der Waals surface area contributed by atoms with E-state index in [9.17, 15) is 28.4 Å². The number of amides is 1. The number of sulfonamides is 1. The van der Waals surface area contributed by atoms with Crippen molar-refractivity contribution in [3.63, 3.8) is 0 Å². The number of pyridine rings is 1. The van der Waals surface area contributed by atoms with Crippen LogP contribution in [-0.4, -0.2) is 84.6 Å². The van der Waals surface area contributed by atoms with E-state index in [1.807, 2.05) is 18.2 Å². The molecule has 0 bridgehead atoms. The molecule has 1 saturated heterocycles. The molecule has 8 rings (SSSR count). The van der Waals surface area contributed by atoms with E-state index in [0.29, 0.717) is 30.0 Å². The number of ether oxygens (including phenoxy) is 1. The number of nitro groups is 1. The Balaban J connectivity index is 1.03. The van der Waals surface area contributed by atoms with E-state index in [1.165, 1.54) is 35.0 Å². The minimum Gasteiger partial charge on any atom is -0.455 e. The van der Waals surface area contributed by atoms with E-state index in [-0.39, 0.29) is 35.4 Å². The summed E-state index contributed by atoms with van der Waals surface area (Å²) in [5.41, 5.74) is 5.73. The number of carbonyl (C=O) groups is 1. The maximum Gasteiger partial charge on any atom is 0.293 e. The van der Waals surface area contributed by atoms with Crippen LogP contribution in [0.1, 0.15) is 54.6 Å². The Labute approximate surface area is 341 Å². The normalized spacial score (nSPS) is 18.2. The van der Waals surface area contributed by atoms with Crippen molar-refractivity contribution in [2.24, 2.45) is 5.41 Å². The molecule has 5 aromatic rings. The van der Waals surface area contributed by atoms with Crippen LogP contribution in [0.15, 0.2) is 89.6 Å². The maximum absolute atomic E-state index is 13.9. The second-order valence-corrected chi connectivity index (χ2v) is 18.1. The third kappa shape index (κ3) is 8.25. The molecule has 0 spiro atoms. The van der Waals surface area contributed by atoms with Gasteiger partial charge in [0.2, 0.25) is 0 Å². The smallest absolute Gasteiger partial charge is 0.293 e. The van der Waals surface area contributed by atoms with E-state index >= 15 is 0 Å². The molecule has 4 N–H and O–H groups in total. The molecule has 3 aliphatic rings. The Hall–Kier alpha value is -5.48. The Bertz CT molecular complexity index is 2550. The summed E-state index contributed by atoms with van der Waals surface area (Å²) in [6.45, 7) is 8.29. The summed E-state index contributed by atoms with van der Waals surface area (Å²) in [7, 11) is -4.59. The number of nitrogens with one attached hydrogen (secondary N) is 3. The summed E-state index contributed by atoms with van der Waals surface area (Å²) in [6.07, 6.45) is 6.62. The van der Waals surface area contributed by atoms with Crippen LogP contribution in [0.3, 0.4) is 0 Å². The van der Waals surface area contributed by atoms with E-state index in [2.05, 4.69) is 55.8 Å². The quantitative estimate of drug-likeness (QED) is 0.0784. The molecule has 3 aromatic carbocycles. The zero-order valence-corrected chi connectivity index (χ0v) is 33.7. The molecule has 14 nitrogen and oxygen atoms in total. The molecule has 2 aliphatic heterocycles. The van der Waals surface area contributed by atoms with Gasteiger partial charge in [0.05, 0.1) is 34.2 Å². The molecule has 1 fully saturated rings. The van der Waals surface area contributed by atoms with Crippen LogP contribution in [0.4, 0.5) is 17.1 Å². The van der Waals surface area contributed by atoms with Crippen molar-refractivity contribution >= 4 is 61.2 Å². The van der Waals surface area contributed by atoms with Gasteiger partial charge in [-0.3, -0.25) is 19.8 Å². The summed E-state index contributed by atoms with van der Waals surface area (Å²) in [5.74, 6) is -0.523. The minimum atomic E-state index is -4.59. The number of aromatic amines is 1. The van der Waals surface area contributed by atoms with E-state index < -0.39 is 37.5 Å². The topological polar surface area (TPSA) is 183 Å². The molecule has 302 valence electrons. The molecule has 0 unspecified atom stereocenters. The van der Waals surface area contributed by atoms with Crippen LogP contribution in [0.2, 0.25) is 5.02 Å². The molecule has 0 saturated carbocycles. The lowest BCUT2D eigenvalue weighted by Crippen LogP contribution is -2.47. The van der Waals surface area contributed by atoms with Gasteiger partial charge >= 0.3 is 0 Å². The Morgan fingerprint density at radius 3 is 2.60 bits per heavy atom. The third-order valence-corrected chi connectivity index (χ3v) is 12.8. The largest absolute Gasteiger partial charge is 0.455 e. The molecule has 0 radical (unpaired) electrons. The number of aliphatic hydroxyl groups excluding tert-OH is 1.